The van der Waals surface area contributed by atoms with Gasteiger partial charge in [0, 0.05) is 6.07 Å². The number of hydrogen-bond acceptors (Lipinski definition) is 4. The number of nitrogens with zero attached hydrogens (tertiary/aromatic N) is 4. The molecule has 0 aliphatic rings. The highest BCUT2D eigenvalue weighted by Crippen LogP contribution is 2.31. The van der Waals surface area contributed by atoms with Crippen LogP contribution in [0, 0.1) is 5.82 Å². The molecule has 0 amide bonds. The van der Waals surface area contributed by atoms with Crippen LogP contribution >= 0.6 is 11.6 Å². The Kier molecular flexibility index (Phi) is 3.03. The van der Waals surface area contributed by atoms with E-state index in [9.17, 15) is 9.18 Å². The Morgan fingerprint density at radius 1 is 1.35 bits per heavy atom. The molecule has 0 bridgehead atoms. The Morgan fingerprint density at radius 2 is 2.20 bits per heavy atom. The largest absolute Gasteiger partial charge is 0.313 e. The second kappa shape index (κ2) is 4.86. The number of hydrogen-bond donors (Lipinski definition) is 1. The van der Waals surface area contributed by atoms with Crippen LogP contribution in [0.2, 0.25) is 5.02 Å². The summed E-state index contributed by atoms with van der Waals surface area (Å²) in [6.07, 6.45) is 4.21. The van der Waals surface area contributed by atoms with Crippen LogP contribution in [0.15, 0.2) is 41.7 Å². The molecular formula is C12H7ClFN5O. The fourth-order valence-corrected chi connectivity index (χ4v) is 1.97. The smallest absolute Gasteiger partial charge is 0.251 e. The molecule has 8 heteroatoms. The average molecular weight is 292 g/mol. The van der Waals surface area contributed by atoms with E-state index in [1.165, 1.54) is 29.3 Å². The highest BCUT2D eigenvalue weighted by Gasteiger charge is 2.17. The summed E-state index contributed by atoms with van der Waals surface area (Å²) in [5.41, 5.74) is 0.259. The minimum atomic E-state index is -0.669. The standard InChI is InChI=1S/C12H7ClFN5O/c13-7-1-2-9(19-4-3-17-18-19)11(12(7)14)8-5-10(20)16-6-15-8/h1-6H,(H,15,16,20). The molecule has 6 nitrogen and oxygen atoms in total. The summed E-state index contributed by atoms with van der Waals surface area (Å²) in [5.74, 6) is -0.669. The van der Waals surface area contributed by atoms with Crippen molar-refractivity contribution in [1.82, 2.24) is 25.0 Å². The Hall–Kier alpha value is -2.54. The van der Waals surface area contributed by atoms with E-state index in [4.69, 9.17) is 11.6 Å². The quantitative estimate of drug-likeness (QED) is 0.781. The van der Waals surface area contributed by atoms with Gasteiger partial charge < -0.3 is 4.98 Å². The molecule has 3 rings (SSSR count). The van der Waals surface area contributed by atoms with Crippen LogP contribution in [-0.2, 0) is 0 Å². The lowest BCUT2D eigenvalue weighted by Gasteiger charge is -2.10. The van der Waals surface area contributed by atoms with Crippen LogP contribution in [0.1, 0.15) is 0 Å². The van der Waals surface area contributed by atoms with Gasteiger partial charge in [0.15, 0.2) is 5.82 Å². The molecule has 2 aromatic heterocycles. The maximum atomic E-state index is 14.3. The lowest BCUT2D eigenvalue weighted by atomic mass is 10.1. The van der Waals surface area contributed by atoms with Crippen molar-refractivity contribution in [3.63, 3.8) is 0 Å². The van der Waals surface area contributed by atoms with E-state index in [1.54, 1.807) is 12.3 Å². The summed E-state index contributed by atoms with van der Waals surface area (Å²) < 4.78 is 15.7. The molecule has 0 fully saturated rings. The van der Waals surface area contributed by atoms with Crippen molar-refractivity contribution in [2.75, 3.05) is 0 Å². The molecule has 20 heavy (non-hydrogen) atoms. The first-order chi connectivity index (χ1) is 9.66. The van der Waals surface area contributed by atoms with Gasteiger partial charge in [0.05, 0.1) is 40.7 Å². The summed E-state index contributed by atoms with van der Waals surface area (Å²) in [6, 6.07) is 4.18. The van der Waals surface area contributed by atoms with Crippen LogP contribution in [0.25, 0.3) is 16.9 Å². The van der Waals surface area contributed by atoms with Gasteiger partial charge in [-0.05, 0) is 12.1 Å². The highest BCUT2D eigenvalue weighted by atomic mass is 35.5. The van der Waals surface area contributed by atoms with E-state index < -0.39 is 5.82 Å². The third-order valence-electron chi connectivity index (χ3n) is 2.68. The Bertz CT molecular complexity index is 815. The Balaban J connectivity index is 2.33. The molecule has 100 valence electrons. The first-order valence-corrected chi connectivity index (χ1v) is 5.94. The van der Waals surface area contributed by atoms with Gasteiger partial charge in [-0.25, -0.2) is 14.1 Å². The van der Waals surface area contributed by atoms with Crippen molar-refractivity contribution >= 4 is 11.6 Å². The zero-order chi connectivity index (χ0) is 14.1. The van der Waals surface area contributed by atoms with Crippen LogP contribution in [0.3, 0.4) is 0 Å². The molecule has 0 saturated carbocycles. The number of benzene rings is 1. The van der Waals surface area contributed by atoms with Crippen LogP contribution in [0.5, 0.6) is 0 Å². The van der Waals surface area contributed by atoms with Gasteiger partial charge in [0.25, 0.3) is 5.56 Å². The predicted octanol–water partition coefficient (Wildman–Crippen LogP) is 1.81. The molecule has 0 spiro atoms. The number of H-pyrrole nitrogens is 1. The summed E-state index contributed by atoms with van der Waals surface area (Å²) in [6.45, 7) is 0. The Labute approximate surface area is 116 Å². The molecule has 0 radical (unpaired) electrons. The van der Waals surface area contributed by atoms with E-state index in [2.05, 4.69) is 20.3 Å². The topological polar surface area (TPSA) is 76.5 Å². The first-order valence-electron chi connectivity index (χ1n) is 5.56. The lowest BCUT2D eigenvalue weighted by Crippen LogP contribution is -2.07. The van der Waals surface area contributed by atoms with E-state index >= 15 is 0 Å². The number of nitrogens with one attached hydrogen (secondary N) is 1. The fraction of sp³-hybridized carbons (Fsp3) is 0. The monoisotopic (exact) mass is 291 g/mol. The number of rotatable bonds is 2. The fourth-order valence-electron chi connectivity index (χ4n) is 1.82. The van der Waals surface area contributed by atoms with Gasteiger partial charge in [-0.3, -0.25) is 4.79 Å². The first kappa shape index (κ1) is 12.5. The second-order valence-electron chi connectivity index (χ2n) is 3.90. The highest BCUT2D eigenvalue weighted by molar-refractivity contribution is 6.31. The predicted molar refractivity (Wildman–Crippen MR) is 70.2 cm³/mol. The van der Waals surface area contributed by atoms with E-state index in [0.29, 0.717) is 5.69 Å². The summed E-state index contributed by atoms with van der Waals surface area (Å²) in [7, 11) is 0. The van der Waals surface area contributed by atoms with E-state index in [-0.39, 0.29) is 21.8 Å². The van der Waals surface area contributed by atoms with E-state index in [0.717, 1.165) is 0 Å². The zero-order valence-electron chi connectivity index (χ0n) is 9.92. The van der Waals surface area contributed by atoms with Crippen LogP contribution in [-0.4, -0.2) is 25.0 Å². The average Bonchev–Trinajstić information content (AvgIpc) is 2.95. The van der Waals surface area contributed by atoms with Gasteiger partial charge in [-0.1, -0.05) is 16.8 Å². The van der Waals surface area contributed by atoms with Crippen LogP contribution in [0.4, 0.5) is 4.39 Å². The molecule has 0 atom stereocenters. The second-order valence-corrected chi connectivity index (χ2v) is 4.31. The summed E-state index contributed by atoms with van der Waals surface area (Å²) in [5, 5.41) is 7.42. The molecule has 0 unspecified atom stereocenters. The summed E-state index contributed by atoms with van der Waals surface area (Å²) >= 11 is 5.80. The molecular weight excluding hydrogens is 285 g/mol. The molecule has 3 aromatic rings. The third kappa shape index (κ3) is 2.08. The number of aromatic amines is 1. The van der Waals surface area contributed by atoms with Crippen molar-refractivity contribution in [1.29, 1.82) is 0 Å². The van der Waals surface area contributed by atoms with Crippen molar-refractivity contribution in [3.8, 4) is 16.9 Å². The summed E-state index contributed by atoms with van der Waals surface area (Å²) in [4.78, 5) is 17.7. The minimum Gasteiger partial charge on any atom is -0.313 e. The van der Waals surface area contributed by atoms with Crippen molar-refractivity contribution in [2.45, 2.75) is 0 Å². The molecule has 0 saturated heterocycles. The van der Waals surface area contributed by atoms with Crippen molar-refractivity contribution in [3.05, 3.63) is 58.1 Å². The van der Waals surface area contributed by atoms with Crippen molar-refractivity contribution in [2.24, 2.45) is 0 Å². The number of aromatic nitrogens is 5. The normalized spacial score (nSPS) is 10.7. The Morgan fingerprint density at radius 3 is 2.90 bits per heavy atom. The van der Waals surface area contributed by atoms with Gasteiger partial charge in [-0.15, -0.1) is 5.10 Å². The maximum absolute atomic E-state index is 14.3. The van der Waals surface area contributed by atoms with Crippen LogP contribution < -0.4 is 5.56 Å². The molecule has 1 N–H and O–H groups in total. The SMILES string of the molecule is O=c1cc(-c2c(-n3ccnn3)ccc(Cl)c2F)nc[nH]1. The van der Waals surface area contributed by atoms with Gasteiger partial charge in [0.1, 0.15) is 0 Å². The zero-order valence-corrected chi connectivity index (χ0v) is 10.7. The van der Waals surface area contributed by atoms with Gasteiger partial charge >= 0.3 is 0 Å². The van der Waals surface area contributed by atoms with E-state index in [1.807, 2.05) is 0 Å². The van der Waals surface area contributed by atoms with Gasteiger partial charge in [0.2, 0.25) is 0 Å². The lowest BCUT2D eigenvalue weighted by molar-refractivity contribution is 0.628. The maximum Gasteiger partial charge on any atom is 0.251 e. The minimum absolute atomic E-state index is 0.0639. The van der Waals surface area contributed by atoms with Crippen molar-refractivity contribution < 1.29 is 4.39 Å². The number of halogens is 2. The molecule has 0 aliphatic heterocycles. The molecule has 1 aromatic carbocycles. The third-order valence-corrected chi connectivity index (χ3v) is 2.97. The molecule has 0 aliphatic carbocycles. The van der Waals surface area contributed by atoms with Gasteiger partial charge in [-0.2, -0.15) is 0 Å². The molecule has 2 heterocycles.